The van der Waals surface area contributed by atoms with Crippen LogP contribution in [0.15, 0.2) is 27.5 Å². The number of nitrogens with one attached hydrogen (secondary N) is 1. The Morgan fingerprint density at radius 1 is 1.50 bits per heavy atom. The highest BCUT2D eigenvalue weighted by molar-refractivity contribution is 5.67. The quantitative estimate of drug-likeness (QED) is 0.943. The molecule has 1 fully saturated rings. The second-order valence-corrected chi connectivity index (χ2v) is 7.29. The molecule has 1 aliphatic carbocycles. The maximum absolute atomic E-state index is 11.9. The van der Waals surface area contributed by atoms with E-state index in [-0.39, 0.29) is 5.76 Å². The minimum atomic E-state index is -0.326. The number of nitrogens with zero attached hydrogens (tertiary/aromatic N) is 2. The van der Waals surface area contributed by atoms with E-state index in [1.54, 1.807) is 22.9 Å². The van der Waals surface area contributed by atoms with Crippen molar-refractivity contribution in [1.29, 1.82) is 0 Å². The number of fused-ring (bicyclic) bond motifs is 1. The van der Waals surface area contributed by atoms with Crippen molar-refractivity contribution >= 4 is 11.2 Å². The monoisotopic (exact) mass is 303 g/mol. The predicted octanol–water partition coefficient (Wildman–Crippen LogP) is 2.79. The summed E-state index contributed by atoms with van der Waals surface area (Å²) in [7, 11) is 0. The Morgan fingerprint density at radius 3 is 3.09 bits per heavy atom. The topological polar surface area (TPSA) is 60.1 Å². The van der Waals surface area contributed by atoms with Crippen molar-refractivity contribution in [2.24, 2.45) is 11.3 Å². The molecule has 5 heteroatoms. The lowest BCUT2D eigenvalue weighted by atomic mass is 9.70. The van der Waals surface area contributed by atoms with Gasteiger partial charge in [-0.2, -0.15) is 0 Å². The van der Waals surface area contributed by atoms with Gasteiger partial charge in [0.15, 0.2) is 11.2 Å². The van der Waals surface area contributed by atoms with Crippen LogP contribution in [0.4, 0.5) is 0 Å². The summed E-state index contributed by atoms with van der Waals surface area (Å²) >= 11 is 0. The van der Waals surface area contributed by atoms with Crippen LogP contribution < -0.4 is 11.1 Å². The summed E-state index contributed by atoms with van der Waals surface area (Å²) < 4.78 is 6.82. The largest absolute Gasteiger partial charge is 0.421 e. The molecule has 0 amide bonds. The van der Waals surface area contributed by atoms with Gasteiger partial charge in [-0.25, -0.2) is 9.78 Å². The van der Waals surface area contributed by atoms with Crippen molar-refractivity contribution in [1.82, 2.24) is 14.9 Å². The molecule has 22 heavy (non-hydrogen) atoms. The van der Waals surface area contributed by atoms with Crippen LogP contribution in [0, 0.1) is 11.3 Å². The molecule has 2 atom stereocenters. The molecule has 0 spiro atoms. The summed E-state index contributed by atoms with van der Waals surface area (Å²) in [5.41, 5.74) is 1.64. The van der Waals surface area contributed by atoms with E-state index in [1.165, 1.54) is 19.3 Å². The Hall–Kier alpha value is -1.62. The second-order valence-electron chi connectivity index (χ2n) is 7.29. The molecule has 0 saturated heterocycles. The number of oxazole rings is 1. The average Bonchev–Trinajstić information content (AvgIpc) is 2.77. The van der Waals surface area contributed by atoms with Crippen LogP contribution in [-0.4, -0.2) is 22.1 Å². The van der Waals surface area contributed by atoms with Crippen molar-refractivity contribution in [3.63, 3.8) is 0 Å². The van der Waals surface area contributed by atoms with Crippen molar-refractivity contribution in [2.75, 3.05) is 6.54 Å². The van der Waals surface area contributed by atoms with E-state index < -0.39 is 0 Å². The standard InChI is InChI=1S/C17H25N3O2/c1-12-11-17(2,3)7-6-13(12)18-9-10-20-15-14(22-16(20)21)5-4-8-19-15/h4-5,8,12-13,18H,6-7,9-11H2,1-3H3/t12-,13-/m1/s1. The minimum Gasteiger partial charge on any atom is -0.406 e. The maximum Gasteiger partial charge on any atom is 0.421 e. The van der Waals surface area contributed by atoms with Gasteiger partial charge in [-0.05, 0) is 42.7 Å². The summed E-state index contributed by atoms with van der Waals surface area (Å²) in [5.74, 6) is 0.341. The minimum absolute atomic E-state index is 0.326. The van der Waals surface area contributed by atoms with Crippen LogP contribution in [0.3, 0.4) is 0 Å². The van der Waals surface area contributed by atoms with E-state index in [4.69, 9.17) is 4.42 Å². The predicted molar refractivity (Wildman–Crippen MR) is 86.9 cm³/mol. The fourth-order valence-electron chi connectivity index (χ4n) is 3.71. The van der Waals surface area contributed by atoms with E-state index in [2.05, 4.69) is 31.1 Å². The molecule has 0 unspecified atom stereocenters. The lowest BCUT2D eigenvalue weighted by Gasteiger charge is -2.39. The molecule has 0 aromatic carbocycles. The van der Waals surface area contributed by atoms with Gasteiger partial charge in [0.1, 0.15) is 0 Å². The normalized spacial score (nSPS) is 24.7. The lowest BCUT2D eigenvalue weighted by Crippen LogP contribution is -2.43. The van der Waals surface area contributed by atoms with Gasteiger partial charge < -0.3 is 9.73 Å². The molecular weight excluding hydrogens is 278 g/mol. The fourth-order valence-corrected chi connectivity index (χ4v) is 3.71. The average molecular weight is 303 g/mol. The molecule has 3 rings (SSSR count). The Morgan fingerprint density at radius 2 is 2.32 bits per heavy atom. The molecule has 0 radical (unpaired) electrons. The van der Waals surface area contributed by atoms with Crippen LogP contribution in [0.25, 0.3) is 11.2 Å². The highest BCUT2D eigenvalue weighted by Gasteiger charge is 2.31. The smallest absolute Gasteiger partial charge is 0.406 e. The SMILES string of the molecule is C[C@@H]1CC(C)(C)CC[C@H]1NCCn1c(=O)oc2cccnc21. The molecule has 2 heterocycles. The van der Waals surface area contributed by atoms with Gasteiger partial charge in [0.25, 0.3) is 0 Å². The van der Waals surface area contributed by atoms with E-state index >= 15 is 0 Å². The summed E-state index contributed by atoms with van der Waals surface area (Å²) in [5, 5.41) is 3.61. The van der Waals surface area contributed by atoms with Crippen molar-refractivity contribution < 1.29 is 4.42 Å². The highest BCUT2D eigenvalue weighted by atomic mass is 16.4. The van der Waals surface area contributed by atoms with Crippen LogP contribution in [0.2, 0.25) is 0 Å². The molecule has 0 aliphatic heterocycles. The van der Waals surface area contributed by atoms with Gasteiger partial charge in [0, 0.05) is 25.3 Å². The zero-order valence-corrected chi connectivity index (χ0v) is 13.6. The molecule has 1 saturated carbocycles. The molecule has 1 aliphatic rings. The fraction of sp³-hybridized carbons (Fsp3) is 0.647. The second kappa shape index (κ2) is 5.88. The number of pyridine rings is 1. The zero-order chi connectivity index (χ0) is 15.7. The molecule has 0 bridgehead atoms. The summed E-state index contributed by atoms with van der Waals surface area (Å²) in [6, 6.07) is 4.09. The van der Waals surface area contributed by atoms with Crippen molar-refractivity contribution in [2.45, 2.75) is 52.6 Å². The molecule has 2 aromatic heterocycles. The van der Waals surface area contributed by atoms with Crippen LogP contribution in [-0.2, 0) is 6.54 Å². The molecular formula is C17H25N3O2. The molecule has 5 nitrogen and oxygen atoms in total. The van der Waals surface area contributed by atoms with Crippen LogP contribution >= 0.6 is 0 Å². The van der Waals surface area contributed by atoms with Crippen molar-refractivity contribution in [3.8, 4) is 0 Å². The molecule has 1 N–H and O–H groups in total. The molecule has 120 valence electrons. The third-order valence-electron chi connectivity index (χ3n) is 4.86. The Bertz CT molecular complexity index is 701. The van der Waals surface area contributed by atoms with Gasteiger partial charge in [-0.15, -0.1) is 0 Å². The van der Waals surface area contributed by atoms with Crippen LogP contribution in [0.5, 0.6) is 0 Å². The zero-order valence-electron chi connectivity index (χ0n) is 13.6. The van der Waals surface area contributed by atoms with E-state index in [9.17, 15) is 4.79 Å². The van der Waals surface area contributed by atoms with Gasteiger partial charge in [-0.3, -0.25) is 4.57 Å². The number of aromatic nitrogens is 2. The van der Waals surface area contributed by atoms with Gasteiger partial charge >= 0.3 is 5.76 Å². The first-order valence-corrected chi connectivity index (χ1v) is 8.14. The van der Waals surface area contributed by atoms with Crippen molar-refractivity contribution in [3.05, 3.63) is 28.9 Å². The third-order valence-corrected chi connectivity index (χ3v) is 4.86. The first kappa shape index (κ1) is 15.3. The van der Waals surface area contributed by atoms with Gasteiger partial charge in [-0.1, -0.05) is 20.8 Å². The van der Waals surface area contributed by atoms with E-state index in [0.717, 1.165) is 6.54 Å². The van der Waals surface area contributed by atoms with E-state index in [1.807, 2.05) is 0 Å². The Balaban J connectivity index is 1.61. The van der Waals surface area contributed by atoms with Crippen LogP contribution in [0.1, 0.15) is 40.0 Å². The number of hydrogen-bond acceptors (Lipinski definition) is 4. The molecule has 2 aromatic rings. The maximum atomic E-state index is 11.9. The number of rotatable bonds is 4. The van der Waals surface area contributed by atoms with Gasteiger partial charge in [0.2, 0.25) is 0 Å². The summed E-state index contributed by atoms with van der Waals surface area (Å²) in [6.07, 6.45) is 5.39. The van der Waals surface area contributed by atoms with Gasteiger partial charge in [0.05, 0.1) is 0 Å². The summed E-state index contributed by atoms with van der Waals surface area (Å²) in [4.78, 5) is 16.1. The third kappa shape index (κ3) is 3.09. The number of hydrogen-bond donors (Lipinski definition) is 1. The Kier molecular flexibility index (Phi) is 4.08. The highest BCUT2D eigenvalue weighted by Crippen LogP contribution is 2.38. The lowest BCUT2D eigenvalue weighted by molar-refractivity contribution is 0.148. The first-order chi connectivity index (χ1) is 10.5. The van der Waals surface area contributed by atoms with E-state index in [0.29, 0.717) is 35.1 Å². The Labute approximate surface area is 130 Å². The summed E-state index contributed by atoms with van der Waals surface area (Å²) in [6.45, 7) is 8.38. The first-order valence-electron chi connectivity index (χ1n) is 8.14.